The maximum atomic E-state index is 6.25. The summed E-state index contributed by atoms with van der Waals surface area (Å²) >= 11 is 0. The number of unbranched alkanes of at least 4 members (excludes halogenated alkanes) is 2. The molecule has 0 atom stereocenters. The Kier molecular flexibility index (Phi) is 8.31. The molecule has 0 unspecified atom stereocenters. The Hall–Kier alpha value is -0.160. The normalized spacial score (nSPS) is 23.0. The van der Waals surface area contributed by atoms with Crippen LogP contribution in [0.15, 0.2) is 0 Å². The topological polar surface area (TPSA) is 24.9 Å². The molecular formula is C19H38N2O2. The average molecular weight is 327 g/mol. The minimum atomic E-state index is 0.156. The van der Waals surface area contributed by atoms with Gasteiger partial charge in [0.15, 0.2) is 0 Å². The molecule has 0 aliphatic carbocycles. The molecule has 2 rings (SSSR count). The summed E-state index contributed by atoms with van der Waals surface area (Å²) in [4.78, 5) is 5.24. The molecule has 0 bridgehead atoms. The second kappa shape index (κ2) is 9.97. The van der Waals surface area contributed by atoms with Crippen molar-refractivity contribution in [2.45, 2.75) is 71.0 Å². The lowest BCUT2D eigenvalue weighted by atomic mass is 9.89. The highest BCUT2D eigenvalue weighted by atomic mass is 16.5. The van der Waals surface area contributed by atoms with Crippen molar-refractivity contribution in [2.24, 2.45) is 0 Å². The minimum absolute atomic E-state index is 0.156. The van der Waals surface area contributed by atoms with Gasteiger partial charge in [0, 0.05) is 32.8 Å². The average Bonchev–Trinajstić information content (AvgIpc) is 2.53. The van der Waals surface area contributed by atoms with E-state index in [1.54, 1.807) is 0 Å². The van der Waals surface area contributed by atoms with E-state index in [4.69, 9.17) is 9.47 Å². The van der Waals surface area contributed by atoms with E-state index in [0.717, 1.165) is 26.3 Å². The van der Waals surface area contributed by atoms with Gasteiger partial charge in [-0.15, -0.1) is 0 Å². The highest BCUT2D eigenvalue weighted by molar-refractivity contribution is 4.92. The molecule has 0 aromatic heterocycles. The molecule has 2 aliphatic heterocycles. The van der Waals surface area contributed by atoms with Crippen molar-refractivity contribution in [1.29, 1.82) is 0 Å². The largest absolute Gasteiger partial charge is 0.379 e. The molecule has 136 valence electrons. The number of hydrogen-bond acceptors (Lipinski definition) is 4. The monoisotopic (exact) mass is 326 g/mol. The van der Waals surface area contributed by atoms with Crippen molar-refractivity contribution in [3.05, 3.63) is 0 Å². The van der Waals surface area contributed by atoms with Gasteiger partial charge in [0.05, 0.1) is 18.3 Å². The van der Waals surface area contributed by atoms with Gasteiger partial charge < -0.3 is 14.4 Å². The first-order chi connectivity index (χ1) is 11.1. The summed E-state index contributed by atoms with van der Waals surface area (Å²) in [5.74, 6) is 0. The van der Waals surface area contributed by atoms with Crippen LogP contribution in [0.1, 0.15) is 59.3 Å². The van der Waals surface area contributed by atoms with Crippen molar-refractivity contribution in [3.8, 4) is 0 Å². The first kappa shape index (κ1) is 19.2. The Labute approximate surface area is 143 Å². The lowest BCUT2D eigenvalue weighted by Gasteiger charge is -2.47. The van der Waals surface area contributed by atoms with E-state index in [9.17, 15) is 0 Å². The first-order valence-corrected chi connectivity index (χ1v) is 9.84. The van der Waals surface area contributed by atoms with Crippen molar-refractivity contribution in [2.75, 3.05) is 52.5 Å². The highest BCUT2D eigenvalue weighted by Gasteiger charge is 2.39. The molecule has 0 aromatic carbocycles. The third kappa shape index (κ3) is 6.69. The minimum Gasteiger partial charge on any atom is -0.379 e. The maximum absolute atomic E-state index is 6.25. The predicted octanol–water partition coefficient (Wildman–Crippen LogP) is 3.16. The molecule has 2 fully saturated rings. The maximum Gasteiger partial charge on any atom is 0.0833 e. The van der Waals surface area contributed by atoms with Crippen LogP contribution in [0, 0.1) is 0 Å². The van der Waals surface area contributed by atoms with Crippen LogP contribution in [0.2, 0.25) is 0 Å². The molecule has 0 radical (unpaired) electrons. The SMILES string of the molecule is CCCN1CCC2(CC1)CN(CCCCCOC(C)C)CCO2. The molecular weight excluding hydrogens is 288 g/mol. The molecule has 0 aromatic rings. The van der Waals surface area contributed by atoms with E-state index in [0.29, 0.717) is 6.10 Å². The number of rotatable bonds is 9. The number of likely N-dealkylation sites (tertiary alicyclic amines) is 1. The Balaban J connectivity index is 1.62. The molecule has 2 saturated heterocycles. The van der Waals surface area contributed by atoms with Crippen molar-refractivity contribution >= 4 is 0 Å². The summed E-state index contributed by atoms with van der Waals surface area (Å²) < 4.78 is 11.9. The van der Waals surface area contributed by atoms with Gasteiger partial charge in [0.1, 0.15) is 0 Å². The van der Waals surface area contributed by atoms with Crippen LogP contribution < -0.4 is 0 Å². The zero-order valence-electron chi connectivity index (χ0n) is 15.7. The Morgan fingerprint density at radius 3 is 2.48 bits per heavy atom. The summed E-state index contributed by atoms with van der Waals surface area (Å²) in [6.45, 7) is 15.5. The van der Waals surface area contributed by atoms with Gasteiger partial charge in [-0.3, -0.25) is 4.90 Å². The molecule has 4 heteroatoms. The third-order valence-electron chi connectivity index (χ3n) is 5.20. The van der Waals surface area contributed by atoms with Gasteiger partial charge in [-0.25, -0.2) is 0 Å². The third-order valence-corrected chi connectivity index (χ3v) is 5.20. The van der Waals surface area contributed by atoms with Gasteiger partial charge in [-0.05, 0) is 65.5 Å². The zero-order valence-corrected chi connectivity index (χ0v) is 15.7. The molecule has 2 heterocycles. The van der Waals surface area contributed by atoms with Crippen LogP contribution in [0.4, 0.5) is 0 Å². The zero-order chi connectivity index (χ0) is 16.5. The fourth-order valence-corrected chi connectivity index (χ4v) is 3.85. The van der Waals surface area contributed by atoms with Crippen LogP contribution in [-0.4, -0.2) is 74.0 Å². The van der Waals surface area contributed by atoms with Gasteiger partial charge in [0.25, 0.3) is 0 Å². The number of nitrogens with zero attached hydrogens (tertiary/aromatic N) is 2. The number of hydrogen-bond donors (Lipinski definition) is 0. The summed E-state index contributed by atoms with van der Waals surface area (Å²) in [5.41, 5.74) is 0.156. The summed E-state index contributed by atoms with van der Waals surface area (Å²) in [6, 6.07) is 0. The highest BCUT2D eigenvalue weighted by Crippen LogP contribution is 2.30. The molecule has 23 heavy (non-hydrogen) atoms. The van der Waals surface area contributed by atoms with E-state index in [1.165, 1.54) is 64.7 Å². The van der Waals surface area contributed by atoms with Crippen LogP contribution in [-0.2, 0) is 9.47 Å². The molecule has 0 N–H and O–H groups in total. The molecule has 1 spiro atoms. The van der Waals surface area contributed by atoms with Gasteiger partial charge in [-0.2, -0.15) is 0 Å². The first-order valence-electron chi connectivity index (χ1n) is 9.84. The molecule has 4 nitrogen and oxygen atoms in total. The second-order valence-corrected chi connectivity index (χ2v) is 7.63. The van der Waals surface area contributed by atoms with Gasteiger partial charge in [0.2, 0.25) is 0 Å². The number of ether oxygens (including phenoxy) is 2. The Morgan fingerprint density at radius 1 is 1.00 bits per heavy atom. The summed E-state index contributed by atoms with van der Waals surface area (Å²) in [7, 11) is 0. The van der Waals surface area contributed by atoms with Gasteiger partial charge >= 0.3 is 0 Å². The number of piperidine rings is 1. The van der Waals surface area contributed by atoms with Crippen LogP contribution in [0.25, 0.3) is 0 Å². The summed E-state index contributed by atoms with van der Waals surface area (Å²) in [5, 5.41) is 0. The van der Waals surface area contributed by atoms with Crippen LogP contribution in [0.3, 0.4) is 0 Å². The fourth-order valence-electron chi connectivity index (χ4n) is 3.85. The van der Waals surface area contributed by atoms with Crippen molar-refractivity contribution < 1.29 is 9.47 Å². The van der Waals surface area contributed by atoms with Crippen LogP contribution in [0.5, 0.6) is 0 Å². The van der Waals surface area contributed by atoms with Gasteiger partial charge in [-0.1, -0.05) is 6.92 Å². The van der Waals surface area contributed by atoms with Crippen molar-refractivity contribution in [3.63, 3.8) is 0 Å². The molecule has 0 amide bonds. The van der Waals surface area contributed by atoms with E-state index in [-0.39, 0.29) is 5.60 Å². The van der Waals surface area contributed by atoms with E-state index in [2.05, 4.69) is 30.6 Å². The summed E-state index contributed by atoms with van der Waals surface area (Å²) in [6.07, 6.45) is 7.83. The quantitative estimate of drug-likeness (QED) is 0.608. The van der Waals surface area contributed by atoms with E-state index in [1.807, 2.05) is 0 Å². The molecule has 0 saturated carbocycles. The number of morpholine rings is 1. The fraction of sp³-hybridized carbons (Fsp3) is 1.00. The predicted molar refractivity (Wildman–Crippen MR) is 96.0 cm³/mol. The lowest BCUT2D eigenvalue weighted by Crippen LogP contribution is -2.57. The standard InChI is InChI=1S/C19H38N2O2/c1-4-10-20-12-8-19(9-13-20)17-21(14-16-23-19)11-6-5-7-15-22-18(2)3/h18H,4-17H2,1-3H3. The molecule has 2 aliphatic rings. The van der Waals surface area contributed by atoms with E-state index < -0.39 is 0 Å². The second-order valence-electron chi connectivity index (χ2n) is 7.63. The van der Waals surface area contributed by atoms with Crippen LogP contribution >= 0.6 is 0 Å². The lowest BCUT2D eigenvalue weighted by molar-refractivity contribution is -0.135. The van der Waals surface area contributed by atoms with Crippen molar-refractivity contribution in [1.82, 2.24) is 9.80 Å². The Bertz CT molecular complexity index is 314. The smallest absolute Gasteiger partial charge is 0.0833 e. The van der Waals surface area contributed by atoms with E-state index >= 15 is 0 Å². The Morgan fingerprint density at radius 2 is 1.78 bits per heavy atom.